The zero-order valence-corrected chi connectivity index (χ0v) is 20.6. The van der Waals surface area contributed by atoms with Gasteiger partial charge in [-0.05, 0) is 56.3 Å². The van der Waals surface area contributed by atoms with Crippen LogP contribution in [0.1, 0.15) is 19.5 Å². The summed E-state index contributed by atoms with van der Waals surface area (Å²) in [4.78, 5) is 25.5. The quantitative estimate of drug-likeness (QED) is 0.291. The second-order valence-electron chi connectivity index (χ2n) is 8.34. The molecule has 0 saturated heterocycles. The number of fused-ring (bicyclic) bond motifs is 1. The smallest absolute Gasteiger partial charge is 0.263 e. The van der Waals surface area contributed by atoms with E-state index in [9.17, 15) is 4.79 Å². The van der Waals surface area contributed by atoms with Crippen LogP contribution < -0.4 is 20.1 Å². The van der Waals surface area contributed by atoms with Gasteiger partial charge in [-0.3, -0.25) is 9.78 Å². The zero-order chi connectivity index (χ0) is 25.5. The van der Waals surface area contributed by atoms with Crippen LogP contribution in [-0.2, 0) is 11.4 Å². The number of rotatable bonds is 10. The molecule has 0 radical (unpaired) electrons. The van der Waals surface area contributed by atoms with Crippen molar-refractivity contribution in [3.8, 4) is 11.5 Å². The molecule has 0 aliphatic carbocycles. The number of hydrogen-bond donors (Lipinski definition) is 3. The molecule has 4 aromatic rings. The van der Waals surface area contributed by atoms with Crippen molar-refractivity contribution >= 4 is 39.9 Å². The van der Waals surface area contributed by atoms with E-state index in [1.165, 1.54) is 6.33 Å². The number of ether oxygens (including phenoxy) is 2. The second-order valence-corrected chi connectivity index (χ2v) is 8.75. The van der Waals surface area contributed by atoms with E-state index in [0.717, 1.165) is 5.69 Å². The van der Waals surface area contributed by atoms with Crippen molar-refractivity contribution in [3.63, 3.8) is 0 Å². The minimum atomic E-state index is -1.20. The number of pyridine rings is 1. The Morgan fingerprint density at radius 3 is 2.67 bits per heavy atom. The highest BCUT2D eigenvalue weighted by molar-refractivity contribution is 6.32. The highest BCUT2D eigenvalue weighted by Crippen LogP contribution is 2.35. The van der Waals surface area contributed by atoms with Crippen molar-refractivity contribution in [1.82, 2.24) is 20.3 Å². The van der Waals surface area contributed by atoms with Crippen LogP contribution in [0.15, 0.2) is 67.1 Å². The predicted molar refractivity (Wildman–Crippen MR) is 138 cm³/mol. The topological polar surface area (TPSA) is 118 Å². The van der Waals surface area contributed by atoms with E-state index >= 15 is 0 Å². The average molecular weight is 508 g/mol. The van der Waals surface area contributed by atoms with Gasteiger partial charge in [0.15, 0.2) is 5.60 Å². The number of nitrogens with one attached hydrogen (secondary N) is 2. The lowest BCUT2D eigenvalue weighted by atomic mass is 10.1. The molecular weight excluding hydrogens is 482 g/mol. The molecule has 3 N–H and O–H groups in total. The summed E-state index contributed by atoms with van der Waals surface area (Å²) in [5.74, 6) is 1.09. The monoisotopic (exact) mass is 507 g/mol. The summed E-state index contributed by atoms with van der Waals surface area (Å²) in [5.41, 5.74) is 0.911. The first-order valence-electron chi connectivity index (χ1n) is 11.3. The van der Waals surface area contributed by atoms with Crippen molar-refractivity contribution in [2.75, 3.05) is 18.5 Å². The molecule has 36 heavy (non-hydrogen) atoms. The minimum absolute atomic E-state index is 0.138. The molecule has 2 aromatic heterocycles. The van der Waals surface area contributed by atoms with Gasteiger partial charge >= 0.3 is 0 Å². The molecule has 9 nitrogen and oxygen atoms in total. The first kappa shape index (κ1) is 25.2. The van der Waals surface area contributed by atoms with Crippen LogP contribution in [0.2, 0.25) is 5.02 Å². The minimum Gasteiger partial charge on any atom is -0.486 e. The molecule has 4 rings (SSSR count). The van der Waals surface area contributed by atoms with Crippen molar-refractivity contribution in [3.05, 3.63) is 77.8 Å². The molecule has 0 unspecified atom stereocenters. The van der Waals surface area contributed by atoms with Gasteiger partial charge in [0.2, 0.25) is 0 Å². The largest absolute Gasteiger partial charge is 0.486 e. The Labute approximate surface area is 213 Å². The Morgan fingerprint density at radius 1 is 1.06 bits per heavy atom. The SMILES string of the molecule is CC(C)(Oc1cccc2ncnc(Nc3ccc(OCc4ccccn4)c(Cl)c3)c12)C(=O)NCCO. The molecule has 2 heterocycles. The van der Waals surface area contributed by atoms with Gasteiger partial charge in [-0.15, -0.1) is 0 Å². The molecule has 1 amide bonds. The van der Waals surface area contributed by atoms with E-state index in [1.807, 2.05) is 30.3 Å². The molecular formula is C26H26ClN5O4. The van der Waals surface area contributed by atoms with Crippen LogP contribution in [0.3, 0.4) is 0 Å². The normalized spacial score (nSPS) is 11.2. The van der Waals surface area contributed by atoms with Crippen LogP contribution in [0, 0.1) is 0 Å². The number of aliphatic hydroxyl groups excluding tert-OH is 1. The van der Waals surface area contributed by atoms with Crippen LogP contribution >= 0.6 is 11.6 Å². The number of aromatic nitrogens is 3. The molecule has 186 valence electrons. The van der Waals surface area contributed by atoms with E-state index in [-0.39, 0.29) is 19.1 Å². The van der Waals surface area contributed by atoms with Gasteiger partial charge in [-0.2, -0.15) is 0 Å². The van der Waals surface area contributed by atoms with Crippen molar-refractivity contribution in [1.29, 1.82) is 0 Å². The zero-order valence-electron chi connectivity index (χ0n) is 19.9. The van der Waals surface area contributed by atoms with E-state index in [4.69, 9.17) is 26.2 Å². The maximum absolute atomic E-state index is 12.5. The fourth-order valence-corrected chi connectivity index (χ4v) is 3.66. The summed E-state index contributed by atoms with van der Waals surface area (Å²) in [5, 5.41) is 15.9. The number of benzene rings is 2. The Balaban J connectivity index is 1.57. The molecule has 0 fully saturated rings. The van der Waals surface area contributed by atoms with Gasteiger partial charge in [0.1, 0.15) is 30.3 Å². The third-order valence-electron chi connectivity index (χ3n) is 5.23. The standard InChI is InChI=1S/C26H26ClN5O4/c1-26(2,25(34)29-12-13-33)36-22-8-5-7-20-23(22)24(31-16-30-20)32-17-9-10-21(19(27)14-17)35-15-18-6-3-4-11-28-18/h3-11,14,16,33H,12-13,15H2,1-2H3,(H,29,34)(H,30,31,32). The van der Waals surface area contributed by atoms with Crippen molar-refractivity contribution in [2.24, 2.45) is 0 Å². The Kier molecular flexibility index (Phi) is 7.82. The lowest BCUT2D eigenvalue weighted by Crippen LogP contribution is -2.47. The third-order valence-corrected chi connectivity index (χ3v) is 5.53. The summed E-state index contributed by atoms with van der Waals surface area (Å²) >= 11 is 6.47. The number of anilines is 2. The molecule has 0 saturated carbocycles. The van der Waals surface area contributed by atoms with Gasteiger partial charge in [0.05, 0.1) is 28.2 Å². The summed E-state index contributed by atoms with van der Waals surface area (Å²) in [6.45, 7) is 3.58. The predicted octanol–water partition coefficient (Wildman–Crippen LogP) is 4.27. The average Bonchev–Trinajstić information content (AvgIpc) is 2.87. The summed E-state index contributed by atoms with van der Waals surface area (Å²) < 4.78 is 11.9. The number of carbonyl (C=O) groups excluding carboxylic acids is 1. The van der Waals surface area contributed by atoms with Gasteiger partial charge in [-0.25, -0.2) is 9.97 Å². The van der Waals surface area contributed by atoms with Crippen LogP contribution in [0.5, 0.6) is 11.5 Å². The van der Waals surface area contributed by atoms with E-state index in [1.54, 1.807) is 44.3 Å². The molecule has 10 heteroatoms. The van der Waals surface area contributed by atoms with Gasteiger partial charge in [-0.1, -0.05) is 23.7 Å². The summed E-state index contributed by atoms with van der Waals surface area (Å²) in [7, 11) is 0. The maximum Gasteiger partial charge on any atom is 0.263 e. The first-order chi connectivity index (χ1) is 17.4. The van der Waals surface area contributed by atoms with Crippen LogP contribution in [-0.4, -0.2) is 44.7 Å². The molecule has 0 spiro atoms. The summed E-state index contributed by atoms with van der Waals surface area (Å²) in [6.07, 6.45) is 3.15. The maximum atomic E-state index is 12.5. The lowest BCUT2D eigenvalue weighted by Gasteiger charge is -2.26. The number of carbonyl (C=O) groups is 1. The van der Waals surface area contributed by atoms with E-state index < -0.39 is 5.60 Å². The van der Waals surface area contributed by atoms with Gasteiger partial charge < -0.3 is 25.2 Å². The van der Waals surface area contributed by atoms with Gasteiger partial charge in [0.25, 0.3) is 5.91 Å². The van der Waals surface area contributed by atoms with Crippen LogP contribution in [0.25, 0.3) is 10.9 Å². The Bertz CT molecular complexity index is 1350. The number of amides is 1. The van der Waals surface area contributed by atoms with E-state index in [0.29, 0.717) is 45.5 Å². The van der Waals surface area contributed by atoms with Crippen molar-refractivity contribution in [2.45, 2.75) is 26.1 Å². The molecule has 0 aliphatic rings. The van der Waals surface area contributed by atoms with Crippen molar-refractivity contribution < 1.29 is 19.4 Å². The van der Waals surface area contributed by atoms with Gasteiger partial charge in [0, 0.05) is 18.4 Å². The lowest BCUT2D eigenvalue weighted by molar-refractivity contribution is -0.134. The molecule has 0 bridgehead atoms. The number of nitrogens with zero attached hydrogens (tertiary/aromatic N) is 3. The number of halogens is 1. The third kappa shape index (κ3) is 5.99. The molecule has 2 aromatic carbocycles. The first-order valence-corrected chi connectivity index (χ1v) is 11.7. The second kappa shape index (κ2) is 11.2. The Hall–Kier alpha value is -3.95. The van der Waals surface area contributed by atoms with E-state index in [2.05, 4.69) is 25.6 Å². The fraction of sp³-hybridized carbons (Fsp3) is 0.231. The van der Waals surface area contributed by atoms with Crippen LogP contribution in [0.4, 0.5) is 11.5 Å². The highest BCUT2D eigenvalue weighted by Gasteiger charge is 2.30. The number of hydrogen-bond acceptors (Lipinski definition) is 8. The fourth-order valence-electron chi connectivity index (χ4n) is 3.43. The highest BCUT2D eigenvalue weighted by atomic mass is 35.5. The Morgan fingerprint density at radius 2 is 1.92 bits per heavy atom. The number of aliphatic hydroxyl groups is 1. The molecule has 0 aliphatic heterocycles. The summed E-state index contributed by atoms with van der Waals surface area (Å²) in [6, 6.07) is 16.3. The molecule has 0 atom stereocenters.